The lowest BCUT2D eigenvalue weighted by atomic mass is 10.1. The van der Waals surface area contributed by atoms with Crippen LogP contribution in [-0.4, -0.2) is 71.2 Å². The summed E-state index contributed by atoms with van der Waals surface area (Å²) < 4.78 is 12.1. The summed E-state index contributed by atoms with van der Waals surface area (Å²) in [4.78, 5) is 90.2. The number of para-hydroxylation sites is 2. The smallest absolute Gasteiger partial charge is 0.348 e. The summed E-state index contributed by atoms with van der Waals surface area (Å²) in [6, 6.07) is 40.1. The Bertz CT molecular complexity index is 4060. The molecule has 0 bridgehead atoms. The van der Waals surface area contributed by atoms with Gasteiger partial charge in [0.25, 0.3) is 23.0 Å². The standard InChI is InChI=1S/C30H22ClN3O4S2.C22H20N2O3S.C8H3Cl2NOS/c1-2-38-30(37)25-15-18-11-13-34(23-6-4-3-5-20(23)26(18)40-25)29(36)17-7-9-19(10-8-17)32-28(35)21-16-24-22(12-14-39-24)33-27(21)31;1-2-27-22(26)19-13-15-11-12-24(21(25)14-7-9-16(23)10-8-14)18-6-4-3-5-17(18)20(15)28-19;9-7-4(8(10)12)3-6-5(11-7)1-2-13-6/h3-10,12,14-16H,2,11,13H2,1H3,(H,32,35);3-10,13H,2,11-12,23H2,1H3;1-3H. The number of fused-ring (bicyclic) bond motifs is 8. The largest absolute Gasteiger partial charge is 0.462 e. The molecule has 12 rings (SSSR count). The molecule has 0 fully saturated rings. The van der Waals surface area contributed by atoms with Gasteiger partial charge in [0.05, 0.1) is 56.1 Å². The van der Waals surface area contributed by atoms with Crippen LogP contribution in [0.5, 0.6) is 0 Å². The summed E-state index contributed by atoms with van der Waals surface area (Å²) in [6.07, 6.45) is 1.27. The molecule has 14 nitrogen and oxygen atoms in total. The zero-order valence-electron chi connectivity index (χ0n) is 43.0. The van der Waals surface area contributed by atoms with Crippen molar-refractivity contribution >= 4 is 158 Å². The molecule has 6 aromatic heterocycles. The van der Waals surface area contributed by atoms with E-state index in [-0.39, 0.29) is 51.1 Å². The van der Waals surface area contributed by atoms with Crippen molar-refractivity contribution in [3.05, 3.63) is 198 Å². The van der Waals surface area contributed by atoms with E-state index in [0.29, 0.717) is 71.4 Å². The Morgan fingerprint density at radius 1 is 0.593 bits per heavy atom. The summed E-state index contributed by atoms with van der Waals surface area (Å²) in [7, 11) is 0. The van der Waals surface area contributed by atoms with E-state index >= 15 is 0 Å². The summed E-state index contributed by atoms with van der Waals surface area (Å²) in [5, 5.41) is 6.34. The average molecular weight is 1210 g/mol. The third-order valence-corrected chi connectivity index (χ3v) is 17.8. The number of rotatable bonds is 9. The maximum absolute atomic E-state index is 13.7. The number of nitrogens with zero attached hydrogens (tertiary/aromatic N) is 4. The van der Waals surface area contributed by atoms with Gasteiger partial charge >= 0.3 is 11.9 Å². The van der Waals surface area contributed by atoms with Crippen LogP contribution in [0.25, 0.3) is 41.3 Å². The van der Waals surface area contributed by atoms with Crippen LogP contribution in [0, 0.1) is 0 Å². The van der Waals surface area contributed by atoms with Crippen LogP contribution in [0.1, 0.15) is 85.7 Å². The summed E-state index contributed by atoms with van der Waals surface area (Å²) in [5.41, 5.74) is 15.7. The number of ether oxygens (including phenoxy) is 2. The summed E-state index contributed by atoms with van der Waals surface area (Å²) in [5.74, 6) is -1.21. The average Bonchev–Trinajstić information content (AvgIpc) is 4.46. The second-order valence-corrected chi connectivity index (χ2v) is 23.1. The maximum Gasteiger partial charge on any atom is 0.348 e. The number of nitrogens with two attached hydrogens (primary N) is 1. The highest BCUT2D eigenvalue weighted by atomic mass is 35.5. The van der Waals surface area contributed by atoms with Gasteiger partial charge in [-0.3, -0.25) is 19.2 Å². The number of carbonyl (C=O) groups is 6. The predicted octanol–water partition coefficient (Wildman–Crippen LogP) is 15.0. The Hall–Kier alpha value is -7.81. The number of esters is 2. The van der Waals surface area contributed by atoms with Crippen LogP contribution in [0.4, 0.5) is 22.7 Å². The van der Waals surface area contributed by atoms with E-state index in [0.717, 1.165) is 63.8 Å². The van der Waals surface area contributed by atoms with Gasteiger partial charge in [-0.15, -0.1) is 45.3 Å². The molecule has 21 heteroatoms. The molecule has 4 aromatic carbocycles. The molecule has 81 heavy (non-hydrogen) atoms. The monoisotopic (exact) mass is 1210 g/mol. The van der Waals surface area contributed by atoms with E-state index in [9.17, 15) is 28.8 Å². The van der Waals surface area contributed by atoms with Gasteiger partial charge in [-0.1, -0.05) is 59.6 Å². The molecule has 2 aliphatic heterocycles. The first kappa shape index (κ1) is 56.5. The molecule has 0 radical (unpaired) electrons. The van der Waals surface area contributed by atoms with E-state index in [4.69, 9.17) is 50.0 Å². The van der Waals surface area contributed by atoms with Gasteiger partial charge in [-0.25, -0.2) is 19.6 Å². The Morgan fingerprint density at radius 2 is 1.04 bits per heavy atom. The van der Waals surface area contributed by atoms with Gasteiger partial charge in [0.15, 0.2) is 0 Å². The third-order valence-electron chi connectivity index (χ3n) is 12.9. The van der Waals surface area contributed by atoms with Crippen LogP contribution in [0.2, 0.25) is 10.3 Å². The number of nitrogens with one attached hydrogen (secondary N) is 1. The first-order valence-corrected chi connectivity index (χ1v) is 29.7. The minimum absolute atomic E-state index is 0.0618. The van der Waals surface area contributed by atoms with Crippen LogP contribution in [0.3, 0.4) is 0 Å². The molecule has 0 unspecified atom stereocenters. The molecule has 8 heterocycles. The predicted molar refractivity (Wildman–Crippen MR) is 327 cm³/mol. The molecule has 0 aliphatic carbocycles. The quantitative estimate of drug-likeness (QED) is 0.0605. The van der Waals surface area contributed by atoms with Crippen molar-refractivity contribution < 1.29 is 38.2 Å². The lowest BCUT2D eigenvalue weighted by Gasteiger charge is -2.23. The lowest BCUT2D eigenvalue weighted by molar-refractivity contribution is 0.0522. The topological polar surface area (TPSA) is 191 Å². The van der Waals surface area contributed by atoms with Crippen LogP contribution in [-0.2, 0) is 22.3 Å². The Kier molecular flexibility index (Phi) is 17.4. The molecule has 10 aromatic rings. The lowest BCUT2D eigenvalue weighted by Crippen LogP contribution is -2.32. The second-order valence-electron chi connectivity index (χ2n) is 18.0. The Labute approximate surface area is 495 Å². The summed E-state index contributed by atoms with van der Waals surface area (Å²) >= 11 is 23.1. The number of hydrogen-bond donors (Lipinski definition) is 2. The molecule has 0 saturated heterocycles. The van der Waals surface area contributed by atoms with E-state index in [2.05, 4.69) is 15.3 Å². The number of anilines is 4. The maximum atomic E-state index is 13.7. The molecule has 2 aliphatic rings. The number of benzene rings is 4. The van der Waals surface area contributed by atoms with Crippen molar-refractivity contribution in [2.45, 2.75) is 26.7 Å². The highest BCUT2D eigenvalue weighted by molar-refractivity contribution is 7.18. The highest BCUT2D eigenvalue weighted by Gasteiger charge is 2.30. The number of aromatic nitrogens is 2. The number of halogens is 3. The molecule has 408 valence electrons. The van der Waals surface area contributed by atoms with Crippen molar-refractivity contribution in [2.24, 2.45) is 0 Å². The zero-order chi connectivity index (χ0) is 56.9. The zero-order valence-corrected chi connectivity index (χ0v) is 48.5. The van der Waals surface area contributed by atoms with Crippen molar-refractivity contribution in [3.63, 3.8) is 0 Å². The highest BCUT2D eigenvalue weighted by Crippen LogP contribution is 2.44. The molecule has 0 spiro atoms. The van der Waals surface area contributed by atoms with E-state index in [1.807, 2.05) is 83.6 Å². The molecule has 0 atom stereocenters. The third kappa shape index (κ3) is 12.3. The number of hydrogen-bond acceptors (Lipinski definition) is 15. The number of nitrogen functional groups attached to an aromatic ring is 1. The minimum Gasteiger partial charge on any atom is -0.462 e. The molecular formula is C60H45Cl3N6O8S4. The normalized spacial score (nSPS) is 12.2. The van der Waals surface area contributed by atoms with Gasteiger partial charge in [-0.05, 0) is 157 Å². The first-order chi connectivity index (χ1) is 39.2. The van der Waals surface area contributed by atoms with Crippen molar-refractivity contribution in [3.8, 4) is 20.9 Å². The van der Waals surface area contributed by atoms with E-state index < -0.39 is 5.24 Å². The fourth-order valence-corrected chi connectivity index (χ4v) is 13.6. The van der Waals surface area contributed by atoms with Crippen molar-refractivity contribution in [2.75, 3.05) is 47.2 Å². The fraction of sp³-hybridized carbons (Fsp3) is 0.133. The number of amides is 3. The number of thiophene rings is 4. The number of pyridine rings is 2. The Balaban J connectivity index is 0.000000155. The van der Waals surface area contributed by atoms with E-state index in [1.54, 1.807) is 84.3 Å². The van der Waals surface area contributed by atoms with Crippen molar-refractivity contribution in [1.82, 2.24) is 9.97 Å². The van der Waals surface area contributed by atoms with E-state index in [1.165, 1.54) is 45.3 Å². The summed E-state index contributed by atoms with van der Waals surface area (Å²) in [6.45, 7) is 5.24. The van der Waals surface area contributed by atoms with Gasteiger partial charge in [0, 0.05) is 56.5 Å². The van der Waals surface area contributed by atoms with Crippen LogP contribution < -0.4 is 20.9 Å². The minimum atomic E-state index is -0.576. The SMILES string of the molecule is CCOC(=O)c1cc2c(s1)-c1ccccc1N(C(=O)c1ccc(N)cc1)CC2.CCOC(=O)c1cc2c(s1)-c1ccccc1N(C(=O)c1ccc(NC(=O)c3cc4sccc4nc3Cl)cc1)CC2.O=C(Cl)c1cc2sccc2nc1Cl. The van der Waals surface area contributed by atoms with Crippen molar-refractivity contribution in [1.29, 1.82) is 0 Å². The molecule has 3 N–H and O–H groups in total. The first-order valence-electron chi connectivity index (χ1n) is 25.2. The van der Waals surface area contributed by atoms with Gasteiger partial charge < -0.3 is 30.3 Å². The molecular weight excluding hydrogens is 1170 g/mol. The van der Waals surface area contributed by atoms with Crippen LogP contribution >= 0.6 is 80.1 Å². The van der Waals surface area contributed by atoms with Gasteiger partial charge in [0.2, 0.25) is 0 Å². The van der Waals surface area contributed by atoms with Crippen LogP contribution in [0.15, 0.2) is 144 Å². The Morgan fingerprint density at radius 3 is 1.51 bits per heavy atom. The van der Waals surface area contributed by atoms with Gasteiger partial charge in [-0.2, -0.15) is 0 Å². The molecule has 0 saturated carbocycles. The second kappa shape index (κ2) is 24.9. The molecule has 3 amide bonds. The number of carbonyl (C=O) groups excluding carboxylic acids is 6. The fourth-order valence-electron chi connectivity index (χ4n) is 9.09. The van der Waals surface area contributed by atoms with Gasteiger partial charge in [0.1, 0.15) is 20.1 Å².